The van der Waals surface area contributed by atoms with E-state index >= 15 is 0 Å². The molecule has 0 radical (unpaired) electrons. The molecule has 0 unspecified atom stereocenters. The van der Waals surface area contributed by atoms with E-state index < -0.39 is 15.6 Å². The summed E-state index contributed by atoms with van der Waals surface area (Å²) in [6, 6.07) is 0. The molecule has 3 amide bonds. The molecule has 0 bridgehead atoms. The van der Waals surface area contributed by atoms with Crippen molar-refractivity contribution in [1.29, 1.82) is 16.2 Å². The smallest absolute Gasteiger partial charge is 0.822 e. The number of hydrogen-bond acceptors (Lipinski definition) is 14. The van der Waals surface area contributed by atoms with E-state index in [9.17, 15) is 14.4 Å². The molecule has 0 saturated carbocycles. The first-order valence-electron chi connectivity index (χ1n) is 8.34. The van der Waals surface area contributed by atoms with Crippen molar-refractivity contribution in [2.45, 2.75) is 0 Å². The Hall–Kier alpha value is 0.819. The molecule has 196 valence electrons. The third-order valence-corrected chi connectivity index (χ3v) is 3.06. The number of carbonyl (C=O) groups is 3. The Balaban J connectivity index is -0.000000115. The molecule has 0 aliphatic carbocycles. The quantitative estimate of drug-likeness (QED) is 0.105. The van der Waals surface area contributed by atoms with Crippen molar-refractivity contribution >= 4 is 164 Å². The van der Waals surface area contributed by atoms with Crippen LogP contribution in [0.2, 0.25) is 0 Å². The van der Waals surface area contributed by atoms with Crippen LogP contribution in [0.1, 0.15) is 0 Å². The molecule has 0 aromatic rings. The van der Waals surface area contributed by atoms with Crippen LogP contribution < -0.4 is 45.3 Å². The van der Waals surface area contributed by atoms with Crippen molar-refractivity contribution in [3.63, 3.8) is 0 Å². The van der Waals surface area contributed by atoms with Gasteiger partial charge in [0.2, 0.25) is 17.7 Å². The van der Waals surface area contributed by atoms with E-state index in [0.717, 1.165) is 0 Å². The number of guanidine groups is 3. The summed E-state index contributed by atoms with van der Waals surface area (Å²) in [6.07, 6.45) is 0. The second-order valence-electron chi connectivity index (χ2n) is 6.15. The fraction of sp³-hybridized carbons (Fsp3) is 0.500. The van der Waals surface area contributed by atoms with Gasteiger partial charge in [-0.1, -0.05) is 0 Å². The van der Waals surface area contributed by atoms with Gasteiger partial charge in [-0.2, -0.15) is 15.6 Å². The maximum absolute atomic E-state index is 10.4. The Morgan fingerprint density at radius 1 is 0.568 bits per heavy atom. The first-order valence-corrected chi connectivity index (χ1v) is 11.3. The monoisotopic (exact) mass is 649 g/mol. The van der Waals surface area contributed by atoms with Crippen molar-refractivity contribution < 1.29 is 52.9 Å². The van der Waals surface area contributed by atoms with Crippen LogP contribution in [-0.4, -0.2) is 204 Å². The van der Waals surface area contributed by atoms with Crippen LogP contribution in [0.25, 0.3) is 0 Å². The number of nitrogens with one attached hydrogen (secondary N) is 6. The average molecular weight is 650 g/mol. The van der Waals surface area contributed by atoms with Gasteiger partial charge in [-0.3, -0.25) is 46.6 Å². The topological polar surface area (TPSA) is 341 Å². The Morgan fingerprint density at radius 3 is 0.730 bits per heavy atom. The predicted octanol–water partition coefficient (Wildman–Crippen LogP) is -9.84. The van der Waals surface area contributed by atoms with Crippen LogP contribution in [0.4, 0.5) is 0 Å². The Bertz CT molecular complexity index is 784. The summed E-state index contributed by atoms with van der Waals surface area (Å²) in [7, 11) is -5.69. The number of nitrogens with zero attached hydrogens (tertiary/aromatic N) is 3. The molecule has 0 atom stereocenters. The Kier molecular flexibility index (Phi) is 28.9. The van der Waals surface area contributed by atoms with Crippen LogP contribution >= 0.6 is 15.6 Å². The second kappa shape index (κ2) is 22.5. The fourth-order valence-corrected chi connectivity index (χ4v) is 1.68. The van der Waals surface area contributed by atoms with Gasteiger partial charge in [0.05, 0.1) is 19.6 Å². The minimum atomic E-state index is -5.39. The van der Waals surface area contributed by atoms with Gasteiger partial charge >= 0.3 is 113 Å². The summed E-state index contributed by atoms with van der Waals surface area (Å²) in [5, 5.41) is 27.9. The van der Waals surface area contributed by atoms with Gasteiger partial charge in [-0.05, 0) is 0 Å². The molecule has 3 fully saturated rings. The van der Waals surface area contributed by atoms with Crippen LogP contribution in [-0.2, 0) is 23.5 Å². The summed E-state index contributed by atoms with van der Waals surface area (Å²) in [4.78, 5) is 87.0. The molecule has 0 spiro atoms. The number of amides is 3. The molecule has 0 aromatic heterocycles. The molecule has 3 rings (SSSR count). The third-order valence-electron chi connectivity index (χ3n) is 3.06. The van der Waals surface area contributed by atoms with E-state index in [1.165, 1.54) is 0 Å². The van der Waals surface area contributed by atoms with E-state index in [1.807, 2.05) is 0 Å². The van der Waals surface area contributed by atoms with Crippen molar-refractivity contribution in [2.24, 2.45) is 0 Å². The summed E-state index contributed by atoms with van der Waals surface area (Å²) in [5.74, 6) is 0.271. The van der Waals surface area contributed by atoms with Gasteiger partial charge in [0.25, 0.3) is 0 Å². The van der Waals surface area contributed by atoms with E-state index in [4.69, 9.17) is 54.7 Å². The van der Waals surface area contributed by atoms with Crippen LogP contribution in [0.15, 0.2) is 0 Å². The summed E-state index contributed by atoms with van der Waals surface area (Å²) in [5.41, 5.74) is 0. The van der Waals surface area contributed by atoms with Crippen LogP contribution in [0.5, 0.6) is 0 Å². The average Bonchev–Trinajstić information content (AvgIpc) is 3.14. The van der Waals surface area contributed by atoms with Gasteiger partial charge in [0.15, 0.2) is 17.9 Å². The zero-order chi connectivity index (χ0) is 27.4. The number of phosphoric acid groups is 2. The first-order chi connectivity index (χ1) is 15.1. The Labute approximate surface area is 300 Å². The fourth-order valence-electron chi connectivity index (χ4n) is 1.68. The molecule has 3 saturated heterocycles. The van der Waals surface area contributed by atoms with Gasteiger partial charge in [-0.25, -0.2) is 0 Å². The van der Waals surface area contributed by atoms with E-state index in [2.05, 4.69) is 16.0 Å². The summed E-state index contributed by atoms with van der Waals surface area (Å²) >= 11 is 0. The molecular formula is C12H21Ca3N9O11P2. The van der Waals surface area contributed by atoms with Gasteiger partial charge in [0.1, 0.15) is 0 Å². The molecule has 37 heavy (non-hydrogen) atoms. The zero-order valence-corrected chi connectivity index (χ0v) is 28.4. The van der Waals surface area contributed by atoms with E-state index in [-0.39, 0.29) is 149 Å². The molecular weight excluding hydrogens is 628 g/mol. The summed E-state index contributed by atoms with van der Waals surface area (Å²) < 4.78 is 17.1. The molecule has 0 aromatic carbocycles. The van der Waals surface area contributed by atoms with Crippen molar-refractivity contribution in [1.82, 2.24) is 30.7 Å². The molecule has 3 aliphatic rings. The molecule has 6 N–H and O–H groups in total. The second-order valence-corrected chi connectivity index (χ2v) is 7.94. The van der Waals surface area contributed by atoms with Crippen molar-refractivity contribution in [2.75, 3.05) is 40.8 Å². The normalized spacial score (nSPS) is 15.8. The van der Waals surface area contributed by atoms with Crippen molar-refractivity contribution in [3.8, 4) is 0 Å². The first kappa shape index (κ1) is 47.6. The number of hydrogen-bond donors (Lipinski definition) is 6. The largest absolute Gasteiger partial charge is 2.00 e. The maximum atomic E-state index is 10.4. The number of likely N-dealkylation sites (N-methyl/N-ethyl adjacent to an activating group) is 3. The minimum Gasteiger partial charge on any atom is -0.822 e. The molecule has 3 aliphatic heterocycles. The predicted molar refractivity (Wildman–Crippen MR) is 118 cm³/mol. The van der Waals surface area contributed by atoms with E-state index in [1.54, 1.807) is 35.8 Å². The third kappa shape index (κ3) is 32.9. The number of rotatable bonds is 0. The zero-order valence-electron chi connectivity index (χ0n) is 20.0. The van der Waals surface area contributed by atoms with Crippen LogP contribution in [0.3, 0.4) is 0 Å². The SMILES string of the molecule is CN1CC(=O)NC1=N.CN1CC(=O)NC1=N.CN1CC(=O)NC1=N.O=P([O-])([O-])[O-].O=P([O-])([O-])[O-].[Ca+2].[Ca+2].[Ca+2]. The van der Waals surface area contributed by atoms with Gasteiger partial charge in [0, 0.05) is 21.1 Å². The van der Waals surface area contributed by atoms with Crippen LogP contribution in [0, 0.1) is 16.2 Å². The number of carbonyl (C=O) groups excluding carboxylic acids is 3. The van der Waals surface area contributed by atoms with Crippen molar-refractivity contribution in [3.05, 3.63) is 0 Å². The van der Waals surface area contributed by atoms with Gasteiger partial charge in [-0.15, -0.1) is 0 Å². The standard InChI is InChI=1S/3C4H7N3O.3Ca.2H3O4P/c3*1-7-2-3(8)6-4(7)5;;;;2*1-5(2,3)4/h3*2H2,1H3,(H2,5,6,8);;;;2*(H3,1,2,3,4)/q;;;3*+2;;/p-6. The summed E-state index contributed by atoms with van der Waals surface area (Å²) in [6.45, 7) is 0.955. The Morgan fingerprint density at radius 2 is 0.703 bits per heavy atom. The van der Waals surface area contributed by atoms with Gasteiger partial charge < -0.3 is 53.2 Å². The molecule has 3 heterocycles. The molecule has 25 heteroatoms. The maximum Gasteiger partial charge on any atom is 2.00 e. The van der Waals surface area contributed by atoms with E-state index in [0.29, 0.717) is 19.6 Å². The minimum absolute atomic E-state index is 0. The molecule has 20 nitrogen and oxygen atoms in total.